The van der Waals surface area contributed by atoms with Gasteiger partial charge in [0, 0.05) is 49.4 Å². The summed E-state index contributed by atoms with van der Waals surface area (Å²) in [6, 6.07) is 4.13. The second-order valence-electron chi connectivity index (χ2n) is 9.84. The van der Waals surface area contributed by atoms with Crippen molar-refractivity contribution >= 4 is 28.7 Å². The molecule has 3 aliphatic rings. The number of hydrogen-bond acceptors (Lipinski definition) is 4. The van der Waals surface area contributed by atoms with Gasteiger partial charge in [-0.25, -0.2) is 9.78 Å². The van der Waals surface area contributed by atoms with Gasteiger partial charge in [-0.05, 0) is 50.8 Å². The largest absolute Gasteiger partial charge is 0.328 e. The number of hydrogen-bond donors (Lipinski definition) is 1. The number of carbonyl (C=O) groups excluding carboxylic acids is 2. The van der Waals surface area contributed by atoms with Gasteiger partial charge in [-0.15, -0.1) is 0 Å². The Labute approximate surface area is 190 Å². The van der Waals surface area contributed by atoms with Crippen molar-refractivity contribution in [3.05, 3.63) is 24.0 Å². The van der Waals surface area contributed by atoms with Crippen molar-refractivity contribution in [2.24, 2.45) is 5.92 Å². The Balaban J connectivity index is 1.28. The van der Waals surface area contributed by atoms with Crippen molar-refractivity contribution in [2.45, 2.75) is 70.8 Å². The zero-order chi connectivity index (χ0) is 22.1. The van der Waals surface area contributed by atoms with Gasteiger partial charge in [0.1, 0.15) is 5.65 Å². The fourth-order valence-corrected chi connectivity index (χ4v) is 5.96. The van der Waals surface area contributed by atoms with E-state index in [1.165, 1.54) is 50.8 Å². The van der Waals surface area contributed by atoms with E-state index in [1.54, 1.807) is 11.1 Å². The third kappa shape index (κ3) is 4.27. The van der Waals surface area contributed by atoms with Gasteiger partial charge in [0.05, 0.1) is 5.69 Å². The van der Waals surface area contributed by atoms with Crippen LogP contribution in [-0.4, -0.2) is 52.6 Å². The Morgan fingerprint density at radius 1 is 1.06 bits per heavy atom. The van der Waals surface area contributed by atoms with E-state index in [9.17, 15) is 9.59 Å². The molecule has 1 saturated carbocycles. The molecule has 2 saturated heterocycles. The molecule has 0 radical (unpaired) electrons. The maximum absolute atomic E-state index is 12.4. The van der Waals surface area contributed by atoms with Crippen molar-refractivity contribution in [2.75, 3.05) is 31.1 Å². The highest BCUT2D eigenvalue weighted by atomic mass is 16.2. The SMILES string of the molecule is Cc1cc2c(N3CCC(=O)NC3=O)ccnc2n1C1CCN(CCC2CCCCC2)CC1. The Morgan fingerprint density at radius 2 is 1.84 bits per heavy atom. The van der Waals surface area contributed by atoms with Gasteiger partial charge in [0.2, 0.25) is 5.91 Å². The van der Waals surface area contributed by atoms with Crippen molar-refractivity contribution in [3.8, 4) is 0 Å². The summed E-state index contributed by atoms with van der Waals surface area (Å²) < 4.78 is 2.38. The van der Waals surface area contributed by atoms with Gasteiger partial charge in [0.25, 0.3) is 0 Å². The van der Waals surface area contributed by atoms with Gasteiger partial charge in [0.15, 0.2) is 0 Å². The predicted molar refractivity (Wildman–Crippen MR) is 126 cm³/mol. The molecule has 7 nitrogen and oxygen atoms in total. The molecule has 2 aliphatic heterocycles. The first-order valence-corrected chi connectivity index (χ1v) is 12.4. The lowest BCUT2D eigenvalue weighted by molar-refractivity contribution is -0.120. The highest BCUT2D eigenvalue weighted by Crippen LogP contribution is 2.34. The van der Waals surface area contributed by atoms with Crippen molar-refractivity contribution in [1.82, 2.24) is 19.8 Å². The molecule has 4 heterocycles. The number of pyridine rings is 1. The second kappa shape index (κ2) is 9.22. The highest BCUT2D eigenvalue weighted by molar-refractivity contribution is 6.09. The Bertz CT molecular complexity index is 986. The van der Waals surface area contributed by atoms with Crippen LogP contribution < -0.4 is 10.2 Å². The second-order valence-corrected chi connectivity index (χ2v) is 9.84. The summed E-state index contributed by atoms with van der Waals surface area (Å²) >= 11 is 0. The van der Waals surface area contributed by atoms with Crippen LogP contribution in [0.2, 0.25) is 0 Å². The number of aromatic nitrogens is 2. The first-order chi connectivity index (χ1) is 15.6. The third-order valence-electron chi connectivity index (χ3n) is 7.75. The predicted octanol–water partition coefficient (Wildman–Crippen LogP) is 4.40. The van der Waals surface area contributed by atoms with Gasteiger partial charge < -0.3 is 9.47 Å². The highest BCUT2D eigenvalue weighted by Gasteiger charge is 2.28. The van der Waals surface area contributed by atoms with E-state index in [4.69, 9.17) is 4.98 Å². The van der Waals surface area contributed by atoms with Gasteiger partial charge in [-0.2, -0.15) is 0 Å². The van der Waals surface area contributed by atoms with Crippen LogP contribution in [0.1, 0.15) is 69.5 Å². The summed E-state index contributed by atoms with van der Waals surface area (Å²) in [5, 5.41) is 3.43. The van der Waals surface area contributed by atoms with E-state index < -0.39 is 0 Å². The number of rotatable bonds is 5. The van der Waals surface area contributed by atoms with Crippen molar-refractivity contribution < 1.29 is 9.59 Å². The number of nitrogens with zero attached hydrogens (tertiary/aromatic N) is 4. The summed E-state index contributed by atoms with van der Waals surface area (Å²) in [7, 11) is 0. The van der Waals surface area contributed by atoms with E-state index >= 15 is 0 Å². The van der Waals surface area contributed by atoms with E-state index in [0.29, 0.717) is 19.0 Å². The molecule has 0 aromatic carbocycles. The lowest BCUT2D eigenvalue weighted by atomic mass is 9.87. The number of carbonyl (C=O) groups is 2. The molecule has 3 amide bonds. The molecular weight excluding hydrogens is 402 g/mol. The molecule has 7 heteroatoms. The number of urea groups is 1. The molecule has 3 fully saturated rings. The molecule has 32 heavy (non-hydrogen) atoms. The summed E-state index contributed by atoms with van der Waals surface area (Å²) in [5.41, 5.74) is 2.98. The zero-order valence-corrected chi connectivity index (χ0v) is 19.2. The number of aryl methyl sites for hydroxylation is 1. The monoisotopic (exact) mass is 437 g/mol. The Kier molecular flexibility index (Phi) is 6.17. The Hall–Kier alpha value is -2.41. The zero-order valence-electron chi connectivity index (χ0n) is 19.2. The number of nitrogens with one attached hydrogen (secondary N) is 1. The molecule has 2 aromatic rings. The standard InChI is InChI=1S/C25H35N5O2/c1-18-17-21-22(29-16-11-23(31)27-25(29)32)7-12-26-24(21)30(18)20-9-14-28(15-10-20)13-8-19-5-3-2-4-6-19/h7,12,17,19-20H,2-6,8-11,13-16H2,1H3,(H,27,31,32). The van der Waals surface area contributed by atoms with Crippen LogP contribution in [0.25, 0.3) is 11.0 Å². The van der Waals surface area contributed by atoms with Crippen LogP contribution in [0.15, 0.2) is 18.3 Å². The van der Waals surface area contributed by atoms with Crippen LogP contribution in [-0.2, 0) is 4.79 Å². The lowest BCUT2D eigenvalue weighted by Gasteiger charge is -2.34. The molecule has 1 N–H and O–H groups in total. The minimum absolute atomic E-state index is 0.208. The number of amides is 3. The summed E-state index contributed by atoms with van der Waals surface area (Å²) in [6.07, 6.45) is 12.9. The summed E-state index contributed by atoms with van der Waals surface area (Å²) in [4.78, 5) is 33.0. The van der Waals surface area contributed by atoms with Gasteiger partial charge in [-0.3, -0.25) is 15.0 Å². The lowest BCUT2D eigenvalue weighted by Crippen LogP contribution is -2.49. The molecule has 0 bridgehead atoms. The van der Waals surface area contributed by atoms with Crippen LogP contribution >= 0.6 is 0 Å². The maximum atomic E-state index is 12.4. The van der Waals surface area contributed by atoms with Crippen LogP contribution in [0.5, 0.6) is 0 Å². The van der Waals surface area contributed by atoms with Crippen LogP contribution in [0, 0.1) is 12.8 Å². The molecule has 0 unspecified atom stereocenters. The van der Waals surface area contributed by atoms with Crippen molar-refractivity contribution in [1.29, 1.82) is 0 Å². The Morgan fingerprint density at radius 3 is 2.59 bits per heavy atom. The first-order valence-electron chi connectivity index (χ1n) is 12.4. The van der Waals surface area contributed by atoms with Gasteiger partial charge in [-0.1, -0.05) is 32.1 Å². The number of anilines is 1. The van der Waals surface area contributed by atoms with Crippen LogP contribution in [0.4, 0.5) is 10.5 Å². The number of likely N-dealkylation sites (tertiary alicyclic amines) is 1. The topological polar surface area (TPSA) is 70.5 Å². The number of fused-ring (bicyclic) bond motifs is 1. The van der Waals surface area contributed by atoms with E-state index in [-0.39, 0.29) is 11.9 Å². The maximum Gasteiger partial charge on any atom is 0.328 e. The summed E-state index contributed by atoms with van der Waals surface area (Å²) in [5.74, 6) is 0.738. The molecule has 5 rings (SSSR count). The normalized spacial score (nSPS) is 22.0. The number of imide groups is 1. The molecule has 0 atom stereocenters. The smallest absolute Gasteiger partial charge is 0.327 e. The fraction of sp³-hybridized carbons (Fsp3) is 0.640. The minimum Gasteiger partial charge on any atom is -0.327 e. The van der Waals surface area contributed by atoms with Gasteiger partial charge >= 0.3 is 6.03 Å². The molecule has 172 valence electrons. The minimum atomic E-state index is -0.342. The summed E-state index contributed by atoms with van der Waals surface area (Å²) in [6.45, 7) is 6.09. The quantitative estimate of drug-likeness (QED) is 0.753. The van der Waals surface area contributed by atoms with Crippen LogP contribution in [0.3, 0.4) is 0 Å². The molecular formula is C25H35N5O2. The van der Waals surface area contributed by atoms with Crippen molar-refractivity contribution in [3.63, 3.8) is 0 Å². The fourth-order valence-electron chi connectivity index (χ4n) is 5.96. The average molecular weight is 438 g/mol. The molecule has 2 aromatic heterocycles. The average Bonchev–Trinajstić information content (AvgIpc) is 3.15. The van der Waals surface area contributed by atoms with E-state index in [0.717, 1.165) is 48.6 Å². The molecule has 1 aliphatic carbocycles. The molecule has 0 spiro atoms. The number of piperidine rings is 1. The third-order valence-corrected chi connectivity index (χ3v) is 7.75. The first kappa shape index (κ1) is 21.4. The van der Waals surface area contributed by atoms with E-state index in [2.05, 4.69) is 27.8 Å². The van der Waals surface area contributed by atoms with E-state index in [1.807, 2.05) is 6.07 Å².